The summed E-state index contributed by atoms with van der Waals surface area (Å²) in [6, 6.07) is 23.9. The Hall–Kier alpha value is -3.36. The number of benzene rings is 3. The van der Waals surface area contributed by atoms with E-state index in [4.69, 9.17) is 5.73 Å². The Bertz CT molecular complexity index is 1040. The van der Waals surface area contributed by atoms with Crippen LogP contribution in [0.5, 0.6) is 0 Å². The van der Waals surface area contributed by atoms with Crippen LogP contribution in [0.1, 0.15) is 22.3 Å². The van der Waals surface area contributed by atoms with Gasteiger partial charge >= 0.3 is 0 Å². The van der Waals surface area contributed by atoms with E-state index in [-0.39, 0.29) is 5.82 Å². The monoisotopic (exact) mass is 387 g/mol. The number of thioether (sulfide) groups is 1. The fraction of sp³-hybridized carbons (Fsp3) is 0.0435. The van der Waals surface area contributed by atoms with Gasteiger partial charge in [-0.3, -0.25) is 0 Å². The molecule has 0 radical (unpaired) electrons. The van der Waals surface area contributed by atoms with Gasteiger partial charge in [-0.05, 0) is 35.9 Å². The largest absolute Gasteiger partial charge is 0.377 e. The summed E-state index contributed by atoms with van der Waals surface area (Å²) in [5.41, 5.74) is 9.12. The van der Waals surface area contributed by atoms with E-state index in [1.165, 1.54) is 30.1 Å². The van der Waals surface area contributed by atoms with Gasteiger partial charge in [-0.15, -0.1) is 5.10 Å². The molecule has 0 fully saturated rings. The highest BCUT2D eigenvalue weighted by Crippen LogP contribution is 2.12. The number of nitrogens with two attached hydrogens (primary N) is 1. The van der Waals surface area contributed by atoms with Crippen LogP contribution in [0.15, 0.2) is 89.1 Å². The van der Waals surface area contributed by atoms with E-state index in [1.54, 1.807) is 6.07 Å². The molecule has 0 aliphatic heterocycles. The summed E-state index contributed by atoms with van der Waals surface area (Å²) < 4.78 is 13.6. The van der Waals surface area contributed by atoms with Crippen molar-refractivity contribution < 1.29 is 4.39 Å². The van der Waals surface area contributed by atoms with Crippen LogP contribution in [0, 0.1) is 17.7 Å². The molecule has 3 aromatic carbocycles. The van der Waals surface area contributed by atoms with Crippen molar-refractivity contribution in [3.8, 4) is 11.8 Å². The molecule has 0 bridgehead atoms. The first-order valence-electron chi connectivity index (χ1n) is 8.60. The molecule has 0 spiro atoms. The number of amidine groups is 1. The van der Waals surface area contributed by atoms with Crippen LogP contribution in [0.2, 0.25) is 0 Å². The fourth-order valence-corrected chi connectivity index (χ4v) is 2.93. The molecule has 3 nitrogen and oxygen atoms in total. The number of rotatable bonds is 4. The molecule has 0 atom stereocenters. The van der Waals surface area contributed by atoms with Gasteiger partial charge < -0.3 is 5.73 Å². The summed E-state index contributed by atoms with van der Waals surface area (Å²) in [5, 5.41) is 8.39. The first-order valence-corrected chi connectivity index (χ1v) is 9.59. The maximum Gasteiger partial charge on any atom is 0.180 e. The lowest BCUT2D eigenvalue weighted by molar-refractivity contribution is 0.627. The second-order valence-electron chi connectivity index (χ2n) is 5.80. The van der Waals surface area contributed by atoms with Gasteiger partial charge in [0.1, 0.15) is 5.82 Å². The summed E-state index contributed by atoms with van der Waals surface area (Å²) >= 11 is 1.40. The molecule has 0 saturated carbocycles. The first kappa shape index (κ1) is 19.4. The highest BCUT2D eigenvalue weighted by Gasteiger charge is 2.00. The van der Waals surface area contributed by atoms with Crippen molar-refractivity contribution in [3.05, 3.63) is 107 Å². The van der Waals surface area contributed by atoms with Crippen molar-refractivity contribution in [2.75, 3.05) is 0 Å². The summed E-state index contributed by atoms with van der Waals surface area (Å²) in [4.78, 5) is 0. The third-order valence-electron chi connectivity index (χ3n) is 3.71. The minimum Gasteiger partial charge on any atom is -0.377 e. The molecular weight excluding hydrogens is 369 g/mol. The second-order valence-corrected chi connectivity index (χ2v) is 6.80. The summed E-state index contributed by atoms with van der Waals surface area (Å²) in [5.74, 6) is 6.38. The van der Waals surface area contributed by atoms with Crippen molar-refractivity contribution in [2.45, 2.75) is 5.75 Å². The Labute approximate surface area is 168 Å². The zero-order valence-corrected chi connectivity index (χ0v) is 15.9. The van der Waals surface area contributed by atoms with E-state index in [2.05, 4.69) is 22.0 Å². The molecule has 0 amide bonds. The zero-order chi connectivity index (χ0) is 19.6. The van der Waals surface area contributed by atoms with Gasteiger partial charge in [-0.1, -0.05) is 72.1 Å². The third kappa shape index (κ3) is 6.11. The van der Waals surface area contributed by atoms with E-state index in [0.29, 0.717) is 16.3 Å². The number of hydrogen-bond donors (Lipinski definition) is 1. The molecule has 0 heterocycles. The van der Waals surface area contributed by atoms with Crippen LogP contribution in [-0.2, 0) is 5.75 Å². The van der Waals surface area contributed by atoms with Crippen LogP contribution < -0.4 is 5.73 Å². The average Bonchev–Trinajstić information content (AvgIpc) is 2.73. The van der Waals surface area contributed by atoms with Crippen LogP contribution in [-0.4, -0.2) is 11.4 Å². The van der Waals surface area contributed by atoms with Crippen molar-refractivity contribution in [1.29, 1.82) is 0 Å². The standard InChI is InChI=1S/C23H18FN3S/c24-22-14-13-21(20(15-22)12-11-18-7-3-1-4-8-18)16-26-27-23(25)28-17-19-9-5-2-6-10-19/h1-10,13-16H,17H2,(H2,25,27). The Morgan fingerprint density at radius 3 is 2.43 bits per heavy atom. The number of nitrogens with zero attached hydrogens (tertiary/aromatic N) is 2. The summed E-state index contributed by atoms with van der Waals surface area (Å²) in [6.45, 7) is 0. The molecule has 2 N–H and O–H groups in total. The molecule has 138 valence electrons. The van der Waals surface area contributed by atoms with Gasteiger partial charge in [0, 0.05) is 22.4 Å². The summed E-state index contributed by atoms with van der Waals surface area (Å²) in [6.07, 6.45) is 1.53. The van der Waals surface area contributed by atoms with Crippen molar-refractivity contribution in [1.82, 2.24) is 0 Å². The van der Waals surface area contributed by atoms with Crippen molar-refractivity contribution >= 4 is 23.1 Å². The van der Waals surface area contributed by atoms with Gasteiger partial charge in [0.25, 0.3) is 0 Å². The van der Waals surface area contributed by atoms with E-state index in [0.717, 1.165) is 16.9 Å². The highest BCUT2D eigenvalue weighted by molar-refractivity contribution is 8.13. The van der Waals surface area contributed by atoms with Gasteiger partial charge in [0.2, 0.25) is 0 Å². The van der Waals surface area contributed by atoms with E-state index >= 15 is 0 Å². The van der Waals surface area contributed by atoms with Gasteiger partial charge in [-0.2, -0.15) is 5.10 Å². The van der Waals surface area contributed by atoms with Gasteiger partial charge in [-0.25, -0.2) is 4.39 Å². The molecule has 28 heavy (non-hydrogen) atoms. The molecule has 0 aliphatic carbocycles. The average molecular weight is 387 g/mol. The Kier molecular flexibility index (Phi) is 7.00. The molecule has 3 rings (SSSR count). The number of halogens is 1. The second kappa shape index (κ2) is 10.1. The van der Waals surface area contributed by atoms with Crippen LogP contribution in [0.3, 0.4) is 0 Å². The minimum atomic E-state index is -0.351. The maximum absolute atomic E-state index is 13.6. The normalized spacial score (nSPS) is 11.2. The smallest absolute Gasteiger partial charge is 0.180 e. The lowest BCUT2D eigenvalue weighted by atomic mass is 10.1. The molecule has 0 unspecified atom stereocenters. The van der Waals surface area contributed by atoms with Gasteiger partial charge in [0.15, 0.2) is 5.17 Å². The third-order valence-corrected chi connectivity index (χ3v) is 4.57. The molecule has 0 aliphatic rings. The Balaban J connectivity index is 1.70. The number of hydrogen-bond acceptors (Lipinski definition) is 3. The van der Waals surface area contributed by atoms with Crippen molar-refractivity contribution in [3.63, 3.8) is 0 Å². The SMILES string of the molecule is NC(=NN=Cc1ccc(F)cc1C#Cc1ccccc1)SCc1ccccc1. The van der Waals surface area contributed by atoms with E-state index in [1.807, 2.05) is 60.7 Å². The molecule has 3 aromatic rings. The zero-order valence-electron chi connectivity index (χ0n) is 15.0. The highest BCUT2D eigenvalue weighted by atomic mass is 32.2. The lowest BCUT2D eigenvalue weighted by Crippen LogP contribution is -2.06. The molecular formula is C23H18FN3S. The van der Waals surface area contributed by atoms with Crippen molar-refractivity contribution in [2.24, 2.45) is 15.9 Å². The fourth-order valence-electron chi connectivity index (χ4n) is 2.32. The molecule has 0 aromatic heterocycles. The summed E-state index contributed by atoms with van der Waals surface area (Å²) in [7, 11) is 0. The topological polar surface area (TPSA) is 50.7 Å². The van der Waals surface area contributed by atoms with Crippen LogP contribution in [0.4, 0.5) is 4.39 Å². The van der Waals surface area contributed by atoms with Gasteiger partial charge in [0.05, 0.1) is 6.21 Å². The maximum atomic E-state index is 13.6. The van der Waals surface area contributed by atoms with Crippen LogP contribution >= 0.6 is 11.8 Å². The first-order chi connectivity index (χ1) is 13.7. The van der Waals surface area contributed by atoms with E-state index < -0.39 is 0 Å². The Morgan fingerprint density at radius 1 is 0.964 bits per heavy atom. The molecule has 5 heteroatoms. The molecule has 0 saturated heterocycles. The van der Waals surface area contributed by atoms with Crippen LogP contribution in [0.25, 0.3) is 0 Å². The lowest BCUT2D eigenvalue weighted by Gasteiger charge is -2.00. The minimum absolute atomic E-state index is 0.351. The van der Waals surface area contributed by atoms with E-state index in [9.17, 15) is 4.39 Å². The predicted octanol–water partition coefficient (Wildman–Crippen LogP) is 4.81. The predicted molar refractivity (Wildman–Crippen MR) is 116 cm³/mol. The quantitative estimate of drug-likeness (QED) is 0.302. The Morgan fingerprint density at radius 2 is 1.68 bits per heavy atom.